The second kappa shape index (κ2) is 3.21. The van der Waals surface area contributed by atoms with E-state index in [-0.39, 0.29) is 0 Å². The molecule has 0 N–H and O–H groups in total. The molecule has 0 bridgehead atoms. The van der Waals surface area contributed by atoms with Gasteiger partial charge in [-0.05, 0) is 28.3 Å². The molecule has 1 heterocycles. The first-order valence-electron chi connectivity index (χ1n) is 4.51. The maximum absolute atomic E-state index is 2.28. The molecule has 0 spiro atoms. The molecule has 0 unspecified atom stereocenters. The third-order valence-corrected chi connectivity index (χ3v) is 3.24. The Labute approximate surface area is 79.6 Å². The predicted octanol–water partition coefficient (Wildman–Crippen LogP) is 4.17. The van der Waals surface area contributed by atoms with Crippen LogP contribution in [0, 0.1) is 0 Å². The van der Waals surface area contributed by atoms with E-state index in [0.717, 1.165) is 0 Å². The van der Waals surface area contributed by atoms with Gasteiger partial charge in [0, 0.05) is 4.88 Å². The largest absolute Gasteiger partial charge is 0.148 e. The Hall–Kier alpha value is -0.300. The monoisotopic (exact) mass is 182 g/mol. The summed E-state index contributed by atoms with van der Waals surface area (Å²) in [5, 5.41) is 2.20. The maximum atomic E-state index is 2.28. The zero-order valence-electron chi connectivity index (χ0n) is 8.64. The van der Waals surface area contributed by atoms with Gasteiger partial charge in [-0.3, -0.25) is 0 Å². The lowest BCUT2D eigenvalue weighted by atomic mass is 9.85. The molecule has 0 nitrogen and oxygen atoms in total. The molecule has 1 rings (SSSR count). The lowest BCUT2D eigenvalue weighted by Crippen LogP contribution is -2.12. The molecule has 1 aromatic heterocycles. The van der Waals surface area contributed by atoms with Crippen LogP contribution in [0.2, 0.25) is 0 Å². The van der Waals surface area contributed by atoms with Gasteiger partial charge in [0.25, 0.3) is 0 Å². The van der Waals surface area contributed by atoms with Crippen molar-refractivity contribution in [3.05, 3.63) is 21.9 Å². The molecule has 0 aliphatic heterocycles. The molecule has 0 aliphatic carbocycles. The minimum absolute atomic E-state index is 0.305. The number of thiophene rings is 1. The van der Waals surface area contributed by atoms with E-state index in [0.29, 0.717) is 11.3 Å². The van der Waals surface area contributed by atoms with Gasteiger partial charge in [-0.2, -0.15) is 0 Å². The van der Waals surface area contributed by atoms with Gasteiger partial charge in [-0.25, -0.2) is 0 Å². The molecule has 0 aromatic carbocycles. The van der Waals surface area contributed by atoms with Crippen LogP contribution in [-0.4, -0.2) is 0 Å². The summed E-state index contributed by atoms with van der Waals surface area (Å²) in [6.45, 7) is 11.4. The van der Waals surface area contributed by atoms with E-state index < -0.39 is 0 Å². The van der Waals surface area contributed by atoms with Crippen molar-refractivity contribution in [2.45, 2.75) is 46.0 Å². The molecule has 0 radical (unpaired) electrons. The maximum Gasteiger partial charge on any atom is 0.0108 e. The highest BCUT2D eigenvalue weighted by atomic mass is 32.1. The van der Waals surface area contributed by atoms with Crippen molar-refractivity contribution in [2.24, 2.45) is 0 Å². The quantitative estimate of drug-likeness (QED) is 0.611. The molecule has 0 aliphatic rings. The minimum Gasteiger partial charge on any atom is -0.148 e. The van der Waals surface area contributed by atoms with Gasteiger partial charge in [-0.15, -0.1) is 11.3 Å². The first-order chi connectivity index (χ1) is 5.43. The molecule has 0 saturated heterocycles. The number of rotatable bonds is 1. The second-order valence-electron chi connectivity index (χ2n) is 4.60. The number of hydrogen-bond acceptors (Lipinski definition) is 1. The van der Waals surface area contributed by atoms with Gasteiger partial charge in [-0.1, -0.05) is 34.6 Å². The van der Waals surface area contributed by atoms with E-state index in [9.17, 15) is 0 Å². The van der Waals surface area contributed by atoms with Crippen molar-refractivity contribution in [3.63, 3.8) is 0 Å². The topological polar surface area (TPSA) is 0 Å². The highest BCUT2D eigenvalue weighted by Gasteiger charge is 2.19. The van der Waals surface area contributed by atoms with E-state index in [4.69, 9.17) is 0 Å². The molecule has 1 heteroatoms. The first kappa shape index (κ1) is 9.79. The average molecular weight is 182 g/mol. The fraction of sp³-hybridized carbons (Fsp3) is 0.636. The van der Waals surface area contributed by atoms with Crippen LogP contribution in [-0.2, 0) is 5.41 Å². The Kier molecular flexibility index (Phi) is 2.62. The third kappa shape index (κ3) is 1.89. The summed E-state index contributed by atoms with van der Waals surface area (Å²) in [5.41, 5.74) is 1.82. The van der Waals surface area contributed by atoms with Crippen LogP contribution < -0.4 is 0 Å². The zero-order chi connectivity index (χ0) is 9.35. The van der Waals surface area contributed by atoms with Crippen LogP contribution in [0.3, 0.4) is 0 Å². The Morgan fingerprint density at radius 3 is 2.17 bits per heavy atom. The Bertz CT molecular complexity index is 250. The second-order valence-corrected chi connectivity index (χ2v) is 5.55. The summed E-state index contributed by atoms with van der Waals surface area (Å²) in [5.74, 6) is 0.666. The van der Waals surface area contributed by atoms with E-state index in [1.165, 1.54) is 5.56 Å². The standard InChI is InChI=1S/C11H18S/c1-8(2)10-9(6-7-12-10)11(3,4)5/h6-8H,1-5H3. The van der Waals surface area contributed by atoms with E-state index in [1.54, 1.807) is 4.88 Å². The summed E-state index contributed by atoms with van der Waals surface area (Å²) < 4.78 is 0. The summed E-state index contributed by atoms with van der Waals surface area (Å²) in [6, 6.07) is 2.26. The first-order valence-corrected chi connectivity index (χ1v) is 5.38. The SMILES string of the molecule is CC(C)c1sccc1C(C)(C)C. The summed E-state index contributed by atoms with van der Waals surface area (Å²) in [4.78, 5) is 1.54. The third-order valence-electron chi connectivity index (χ3n) is 2.03. The van der Waals surface area contributed by atoms with E-state index in [1.807, 2.05) is 11.3 Å². The Balaban J connectivity index is 3.08. The van der Waals surface area contributed by atoms with E-state index in [2.05, 4.69) is 46.1 Å². The highest BCUT2D eigenvalue weighted by molar-refractivity contribution is 7.10. The lowest BCUT2D eigenvalue weighted by molar-refractivity contribution is 0.582. The van der Waals surface area contributed by atoms with Gasteiger partial charge < -0.3 is 0 Å². The summed E-state index contributed by atoms with van der Waals surface area (Å²) >= 11 is 1.88. The molecule has 1 aromatic rings. The fourth-order valence-electron chi connectivity index (χ4n) is 1.39. The molecule has 68 valence electrons. The van der Waals surface area contributed by atoms with E-state index >= 15 is 0 Å². The van der Waals surface area contributed by atoms with Gasteiger partial charge >= 0.3 is 0 Å². The minimum atomic E-state index is 0.305. The zero-order valence-corrected chi connectivity index (χ0v) is 9.46. The molecule has 0 atom stereocenters. The Morgan fingerprint density at radius 1 is 1.25 bits per heavy atom. The average Bonchev–Trinajstić information content (AvgIpc) is 2.30. The van der Waals surface area contributed by atoms with Gasteiger partial charge in [0.2, 0.25) is 0 Å². The van der Waals surface area contributed by atoms with Crippen molar-refractivity contribution >= 4 is 11.3 Å². The van der Waals surface area contributed by atoms with Crippen molar-refractivity contribution in [1.29, 1.82) is 0 Å². The van der Waals surface area contributed by atoms with Crippen molar-refractivity contribution in [1.82, 2.24) is 0 Å². The fourth-order valence-corrected chi connectivity index (χ4v) is 2.51. The van der Waals surface area contributed by atoms with Gasteiger partial charge in [0.1, 0.15) is 0 Å². The van der Waals surface area contributed by atoms with Gasteiger partial charge in [0.05, 0.1) is 0 Å². The Morgan fingerprint density at radius 2 is 1.83 bits per heavy atom. The molecular weight excluding hydrogens is 164 g/mol. The lowest BCUT2D eigenvalue weighted by Gasteiger charge is -2.20. The molecule has 0 saturated carbocycles. The number of hydrogen-bond donors (Lipinski definition) is 0. The highest BCUT2D eigenvalue weighted by Crippen LogP contribution is 2.34. The van der Waals surface area contributed by atoms with Gasteiger partial charge in [0.15, 0.2) is 0 Å². The van der Waals surface area contributed by atoms with Crippen LogP contribution in [0.4, 0.5) is 0 Å². The smallest absolute Gasteiger partial charge is 0.0108 e. The molecule has 0 amide bonds. The molecule has 12 heavy (non-hydrogen) atoms. The van der Waals surface area contributed by atoms with Crippen LogP contribution in [0.15, 0.2) is 11.4 Å². The molecule has 0 fully saturated rings. The van der Waals surface area contributed by atoms with Crippen molar-refractivity contribution < 1.29 is 0 Å². The van der Waals surface area contributed by atoms with Crippen molar-refractivity contribution in [2.75, 3.05) is 0 Å². The summed E-state index contributed by atoms with van der Waals surface area (Å²) in [7, 11) is 0. The normalized spacial score (nSPS) is 12.5. The van der Waals surface area contributed by atoms with Crippen LogP contribution >= 0.6 is 11.3 Å². The molecular formula is C11H18S. The summed E-state index contributed by atoms with van der Waals surface area (Å²) in [6.07, 6.45) is 0. The van der Waals surface area contributed by atoms with Crippen LogP contribution in [0.5, 0.6) is 0 Å². The van der Waals surface area contributed by atoms with Crippen LogP contribution in [0.1, 0.15) is 51.0 Å². The van der Waals surface area contributed by atoms with Crippen molar-refractivity contribution in [3.8, 4) is 0 Å². The predicted molar refractivity (Wildman–Crippen MR) is 57.1 cm³/mol. The van der Waals surface area contributed by atoms with Crippen LogP contribution in [0.25, 0.3) is 0 Å².